The van der Waals surface area contributed by atoms with Crippen molar-refractivity contribution in [1.29, 1.82) is 0 Å². The van der Waals surface area contributed by atoms with Crippen molar-refractivity contribution in [3.8, 4) is 0 Å². The molecule has 1 aromatic carbocycles. The Morgan fingerprint density at radius 1 is 1.24 bits per heavy atom. The fourth-order valence-corrected chi connectivity index (χ4v) is 1.72. The maximum absolute atomic E-state index is 11.7. The Balaban J connectivity index is 1.97. The molecule has 1 aliphatic carbocycles. The van der Waals surface area contributed by atoms with E-state index in [2.05, 4.69) is 10.1 Å². The lowest BCUT2D eigenvalue weighted by Gasteiger charge is -2.24. The standard InChI is InChI=1S/C13H15NO3/c1-17-13(16)10-5-7-11(8-6-10)14-12(15)9-3-2-4-9/h5-9H,2-4H2,1H3,(H,14,15). The Labute approximate surface area is 100.0 Å². The normalized spacial score (nSPS) is 14.9. The number of esters is 1. The maximum atomic E-state index is 11.7. The van der Waals surface area contributed by atoms with Crippen LogP contribution in [-0.2, 0) is 9.53 Å². The van der Waals surface area contributed by atoms with Crippen molar-refractivity contribution in [3.63, 3.8) is 0 Å². The number of anilines is 1. The van der Waals surface area contributed by atoms with E-state index in [1.807, 2.05) is 0 Å². The number of carbonyl (C=O) groups is 2. The summed E-state index contributed by atoms with van der Waals surface area (Å²) in [4.78, 5) is 22.9. The van der Waals surface area contributed by atoms with Gasteiger partial charge in [-0.2, -0.15) is 0 Å². The van der Waals surface area contributed by atoms with Crippen LogP contribution in [0.15, 0.2) is 24.3 Å². The minimum Gasteiger partial charge on any atom is -0.465 e. The smallest absolute Gasteiger partial charge is 0.337 e. The lowest BCUT2D eigenvalue weighted by molar-refractivity contribution is -0.122. The molecule has 0 saturated heterocycles. The van der Waals surface area contributed by atoms with Gasteiger partial charge in [-0.25, -0.2) is 4.79 Å². The first-order valence-electron chi connectivity index (χ1n) is 5.70. The Morgan fingerprint density at radius 2 is 1.88 bits per heavy atom. The van der Waals surface area contributed by atoms with Gasteiger partial charge < -0.3 is 10.1 Å². The second-order valence-corrected chi connectivity index (χ2v) is 4.19. The summed E-state index contributed by atoms with van der Waals surface area (Å²) in [5, 5.41) is 2.84. The van der Waals surface area contributed by atoms with E-state index in [4.69, 9.17) is 0 Å². The van der Waals surface area contributed by atoms with Crippen LogP contribution >= 0.6 is 0 Å². The van der Waals surface area contributed by atoms with Crippen molar-refractivity contribution in [2.24, 2.45) is 5.92 Å². The van der Waals surface area contributed by atoms with Crippen molar-refractivity contribution in [3.05, 3.63) is 29.8 Å². The van der Waals surface area contributed by atoms with Crippen molar-refractivity contribution in [2.75, 3.05) is 12.4 Å². The molecular weight excluding hydrogens is 218 g/mol. The number of ether oxygens (including phenoxy) is 1. The number of nitrogens with one attached hydrogen (secondary N) is 1. The molecule has 0 spiro atoms. The number of carbonyl (C=O) groups excluding carboxylic acids is 2. The number of benzene rings is 1. The highest BCUT2D eigenvalue weighted by Gasteiger charge is 2.25. The SMILES string of the molecule is COC(=O)c1ccc(NC(=O)C2CCC2)cc1. The summed E-state index contributed by atoms with van der Waals surface area (Å²) in [6, 6.07) is 6.70. The highest BCUT2D eigenvalue weighted by molar-refractivity contribution is 5.94. The molecule has 0 aromatic heterocycles. The molecule has 0 atom stereocenters. The van der Waals surface area contributed by atoms with Crippen LogP contribution in [0.4, 0.5) is 5.69 Å². The van der Waals surface area contributed by atoms with Gasteiger partial charge in [0.1, 0.15) is 0 Å². The van der Waals surface area contributed by atoms with Crippen LogP contribution in [0, 0.1) is 5.92 Å². The first-order chi connectivity index (χ1) is 8.20. The van der Waals surface area contributed by atoms with Crippen LogP contribution in [0.25, 0.3) is 0 Å². The molecule has 1 N–H and O–H groups in total. The summed E-state index contributed by atoms with van der Waals surface area (Å²) in [6.45, 7) is 0. The molecule has 2 rings (SSSR count). The minimum atomic E-state index is -0.373. The Morgan fingerprint density at radius 3 is 2.35 bits per heavy atom. The molecule has 1 aromatic rings. The molecule has 1 amide bonds. The number of hydrogen-bond acceptors (Lipinski definition) is 3. The van der Waals surface area contributed by atoms with E-state index in [0.29, 0.717) is 5.56 Å². The third kappa shape index (κ3) is 2.64. The summed E-state index contributed by atoms with van der Waals surface area (Å²) in [6.07, 6.45) is 3.09. The molecule has 0 radical (unpaired) electrons. The summed E-state index contributed by atoms with van der Waals surface area (Å²) < 4.78 is 4.60. The van der Waals surface area contributed by atoms with E-state index in [1.165, 1.54) is 7.11 Å². The van der Waals surface area contributed by atoms with Crippen molar-refractivity contribution in [1.82, 2.24) is 0 Å². The molecule has 90 valence electrons. The zero-order valence-electron chi connectivity index (χ0n) is 9.73. The van der Waals surface area contributed by atoms with Gasteiger partial charge >= 0.3 is 5.97 Å². The van der Waals surface area contributed by atoms with Gasteiger partial charge in [-0.15, -0.1) is 0 Å². The molecule has 0 heterocycles. The van der Waals surface area contributed by atoms with Crippen LogP contribution in [0.3, 0.4) is 0 Å². The van der Waals surface area contributed by atoms with Crippen LogP contribution < -0.4 is 5.32 Å². The van der Waals surface area contributed by atoms with Gasteiger partial charge in [0, 0.05) is 11.6 Å². The van der Waals surface area contributed by atoms with Crippen LogP contribution in [0.5, 0.6) is 0 Å². The quantitative estimate of drug-likeness (QED) is 0.814. The van der Waals surface area contributed by atoms with E-state index in [9.17, 15) is 9.59 Å². The van der Waals surface area contributed by atoms with Crippen LogP contribution in [0.1, 0.15) is 29.6 Å². The molecule has 1 fully saturated rings. The lowest BCUT2D eigenvalue weighted by atomic mass is 9.85. The van der Waals surface area contributed by atoms with Gasteiger partial charge in [0.15, 0.2) is 0 Å². The minimum absolute atomic E-state index is 0.0714. The first-order valence-corrected chi connectivity index (χ1v) is 5.70. The first kappa shape index (κ1) is 11.6. The Bertz CT molecular complexity index is 421. The molecule has 1 saturated carbocycles. The highest BCUT2D eigenvalue weighted by atomic mass is 16.5. The maximum Gasteiger partial charge on any atom is 0.337 e. The second-order valence-electron chi connectivity index (χ2n) is 4.19. The fourth-order valence-electron chi connectivity index (χ4n) is 1.72. The second kappa shape index (κ2) is 4.99. The van der Waals surface area contributed by atoms with Gasteiger partial charge in [-0.05, 0) is 37.1 Å². The summed E-state index contributed by atoms with van der Waals surface area (Å²) in [7, 11) is 1.34. The van der Waals surface area contributed by atoms with Crippen molar-refractivity contribution in [2.45, 2.75) is 19.3 Å². The average molecular weight is 233 g/mol. The molecule has 0 aliphatic heterocycles. The Kier molecular flexibility index (Phi) is 3.42. The highest BCUT2D eigenvalue weighted by Crippen LogP contribution is 2.27. The third-order valence-electron chi connectivity index (χ3n) is 3.05. The zero-order chi connectivity index (χ0) is 12.3. The van der Waals surface area contributed by atoms with Crippen molar-refractivity contribution < 1.29 is 14.3 Å². The topological polar surface area (TPSA) is 55.4 Å². The lowest BCUT2D eigenvalue weighted by Crippen LogP contribution is -2.28. The molecule has 4 heteroatoms. The van der Waals surface area contributed by atoms with Gasteiger partial charge in [0.25, 0.3) is 0 Å². The number of amides is 1. The molecule has 4 nitrogen and oxygen atoms in total. The third-order valence-corrected chi connectivity index (χ3v) is 3.05. The monoisotopic (exact) mass is 233 g/mol. The van der Waals surface area contributed by atoms with Crippen LogP contribution in [0.2, 0.25) is 0 Å². The van der Waals surface area contributed by atoms with Crippen LogP contribution in [-0.4, -0.2) is 19.0 Å². The average Bonchev–Trinajstić information content (AvgIpc) is 2.26. The summed E-state index contributed by atoms with van der Waals surface area (Å²) >= 11 is 0. The fraction of sp³-hybridized carbons (Fsp3) is 0.385. The summed E-state index contributed by atoms with van der Waals surface area (Å²) in [5.74, 6) is -0.140. The van der Waals surface area contributed by atoms with Gasteiger partial charge in [-0.3, -0.25) is 4.79 Å². The molecule has 17 heavy (non-hydrogen) atoms. The molecule has 1 aliphatic rings. The molecule has 0 bridgehead atoms. The predicted octanol–water partition coefficient (Wildman–Crippen LogP) is 2.21. The van der Waals surface area contributed by atoms with Gasteiger partial charge in [0.05, 0.1) is 12.7 Å². The van der Waals surface area contributed by atoms with E-state index < -0.39 is 0 Å². The van der Waals surface area contributed by atoms with E-state index in [1.54, 1.807) is 24.3 Å². The van der Waals surface area contributed by atoms with E-state index in [-0.39, 0.29) is 17.8 Å². The molecular formula is C13H15NO3. The number of hydrogen-bond donors (Lipinski definition) is 1. The van der Waals surface area contributed by atoms with Gasteiger partial charge in [0.2, 0.25) is 5.91 Å². The Hall–Kier alpha value is -1.84. The van der Waals surface area contributed by atoms with Gasteiger partial charge in [-0.1, -0.05) is 6.42 Å². The number of methoxy groups -OCH3 is 1. The number of rotatable bonds is 3. The van der Waals surface area contributed by atoms with E-state index in [0.717, 1.165) is 24.9 Å². The summed E-state index contributed by atoms with van der Waals surface area (Å²) in [5.41, 5.74) is 1.20. The zero-order valence-corrected chi connectivity index (χ0v) is 9.73. The molecule has 0 unspecified atom stereocenters. The van der Waals surface area contributed by atoms with Crippen molar-refractivity contribution >= 4 is 17.6 Å². The predicted molar refractivity (Wildman–Crippen MR) is 63.8 cm³/mol. The largest absolute Gasteiger partial charge is 0.465 e. The van der Waals surface area contributed by atoms with E-state index >= 15 is 0 Å².